The number of amides is 1. The minimum atomic E-state index is -0.770. The van der Waals surface area contributed by atoms with Crippen LogP contribution in [0, 0.1) is 17.3 Å². The molecule has 19 heavy (non-hydrogen) atoms. The van der Waals surface area contributed by atoms with Crippen molar-refractivity contribution in [2.24, 2.45) is 17.3 Å². The summed E-state index contributed by atoms with van der Waals surface area (Å²) >= 11 is 0. The summed E-state index contributed by atoms with van der Waals surface area (Å²) in [6.45, 7) is 9.08. The molecule has 1 aliphatic heterocycles. The van der Waals surface area contributed by atoms with E-state index in [0.717, 1.165) is 25.8 Å². The monoisotopic (exact) mass is 269 g/mol. The van der Waals surface area contributed by atoms with Gasteiger partial charge in [-0.25, -0.2) is 0 Å². The van der Waals surface area contributed by atoms with E-state index in [-0.39, 0.29) is 11.8 Å². The van der Waals surface area contributed by atoms with Crippen molar-refractivity contribution in [2.45, 2.75) is 53.4 Å². The van der Waals surface area contributed by atoms with Crippen LogP contribution >= 0.6 is 0 Å². The van der Waals surface area contributed by atoms with E-state index in [9.17, 15) is 14.7 Å². The Morgan fingerprint density at radius 2 is 2.05 bits per heavy atom. The molecule has 2 unspecified atom stereocenters. The standard InChI is InChI=1S/C15H27NO3/c1-5-11(2)9-13(17)16-8-6-7-12(10-16)15(3,4)14(18)19/h11-12H,5-10H2,1-4H3,(H,18,19). The second-order valence-electron chi connectivity index (χ2n) is 6.42. The molecule has 0 radical (unpaired) electrons. The number of hydrogen-bond acceptors (Lipinski definition) is 2. The average molecular weight is 269 g/mol. The number of carboxylic acids is 1. The molecule has 0 aliphatic carbocycles. The Kier molecular flexibility index (Phi) is 5.39. The van der Waals surface area contributed by atoms with Crippen molar-refractivity contribution in [3.05, 3.63) is 0 Å². The first-order chi connectivity index (χ1) is 8.78. The number of carboxylic acid groups (broad SMARTS) is 1. The van der Waals surface area contributed by atoms with E-state index in [1.54, 1.807) is 13.8 Å². The summed E-state index contributed by atoms with van der Waals surface area (Å²) < 4.78 is 0. The van der Waals surface area contributed by atoms with E-state index in [1.807, 2.05) is 4.90 Å². The third-order valence-corrected chi connectivity index (χ3v) is 4.57. The predicted octanol–water partition coefficient (Wildman–Crippen LogP) is 2.77. The highest BCUT2D eigenvalue weighted by atomic mass is 16.4. The molecule has 1 rings (SSSR count). The molecule has 0 aromatic carbocycles. The maximum absolute atomic E-state index is 12.2. The molecule has 1 heterocycles. The van der Waals surface area contributed by atoms with Gasteiger partial charge >= 0.3 is 5.97 Å². The Morgan fingerprint density at radius 1 is 1.42 bits per heavy atom. The molecule has 0 aromatic rings. The van der Waals surface area contributed by atoms with Crippen LogP contribution in [0.25, 0.3) is 0 Å². The Labute approximate surface area is 116 Å². The Balaban J connectivity index is 2.64. The van der Waals surface area contributed by atoms with Gasteiger partial charge in [0, 0.05) is 19.5 Å². The second kappa shape index (κ2) is 6.40. The summed E-state index contributed by atoms with van der Waals surface area (Å²) in [4.78, 5) is 25.4. The molecule has 0 spiro atoms. The van der Waals surface area contributed by atoms with Crippen LogP contribution in [-0.4, -0.2) is 35.0 Å². The Morgan fingerprint density at radius 3 is 2.58 bits per heavy atom. The molecule has 0 aromatic heterocycles. The lowest BCUT2D eigenvalue weighted by Gasteiger charge is -2.39. The lowest BCUT2D eigenvalue weighted by atomic mass is 9.74. The van der Waals surface area contributed by atoms with Gasteiger partial charge in [0.25, 0.3) is 0 Å². The van der Waals surface area contributed by atoms with Crippen molar-refractivity contribution in [1.29, 1.82) is 0 Å². The van der Waals surface area contributed by atoms with Gasteiger partial charge in [0.05, 0.1) is 5.41 Å². The van der Waals surface area contributed by atoms with Crippen LogP contribution in [0.1, 0.15) is 53.4 Å². The molecule has 4 heteroatoms. The maximum Gasteiger partial charge on any atom is 0.309 e. The molecule has 1 N–H and O–H groups in total. The zero-order chi connectivity index (χ0) is 14.6. The number of likely N-dealkylation sites (tertiary alicyclic amines) is 1. The van der Waals surface area contributed by atoms with Gasteiger partial charge in [-0.2, -0.15) is 0 Å². The molecule has 0 bridgehead atoms. The third kappa shape index (κ3) is 3.95. The van der Waals surface area contributed by atoms with Crippen LogP contribution in [0.3, 0.4) is 0 Å². The lowest BCUT2D eigenvalue weighted by molar-refractivity contribution is -0.153. The predicted molar refractivity (Wildman–Crippen MR) is 74.8 cm³/mol. The fourth-order valence-electron chi connectivity index (χ4n) is 2.54. The maximum atomic E-state index is 12.2. The summed E-state index contributed by atoms with van der Waals surface area (Å²) in [5.41, 5.74) is -0.755. The molecular formula is C15H27NO3. The van der Waals surface area contributed by atoms with Gasteiger partial charge in [-0.15, -0.1) is 0 Å². The van der Waals surface area contributed by atoms with E-state index in [1.165, 1.54) is 0 Å². The largest absolute Gasteiger partial charge is 0.481 e. The SMILES string of the molecule is CCC(C)CC(=O)N1CCCC(C(C)(C)C(=O)O)C1. The van der Waals surface area contributed by atoms with E-state index >= 15 is 0 Å². The van der Waals surface area contributed by atoms with Crippen molar-refractivity contribution in [3.8, 4) is 0 Å². The van der Waals surface area contributed by atoms with Crippen molar-refractivity contribution >= 4 is 11.9 Å². The molecule has 1 aliphatic rings. The fraction of sp³-hybridized carbons (Fsp3) is 0.867. The van der Waals surface area contributed by atoms with Crippen LogP contribution < -0.4 is 0 Å². The molecule has 2 atom stereocenters. The summed E-state index contributed by atoms with van der Waals surface area (Å²) in [5.74, 6) is -0.131. The number of aliphatic carboxylic acids is 1. The third-order valence-electron chi connectivity index (χ3n) is 4.57. The lowest BCUT2D eigenvalue weighted by Crippen LogP contribution is -2.47. The van der Waals surface area contributed by atoms with Gasteiger partial charge in [-0.3, -0.25) is 9.59 Å². The first-order valence-corrected chi connectivity index (χ1v) is 7.30. The number of carbonyl (C=O) groups excluding carboxylic acids is 1. The van der Waals surface area contributed by atoms with Crippen molar-refractivity contribution in [1.82, 2.24) is 4.90 Å². The Bertz CT molecular complexity index is 338. The molecule has 4 nitrogen and oxygen atoms in total. The number of carbonyl (C=O) groups is 2. The zero-order valence-corrected chi connectivity index (χ0v) is 12.6. The van der Waals surface area contributed by atoms with Crippen LogP contribution in [0.2, 0.25) is 0 Å². The number of hydrogen-bond donors (Lipinski definition) is 1. The smallest absolute Gasteiger partial charge is 0.309 e. The van der Waals surface area contributed by atoms with Gasteiger partial charge in [0.15, 0.2) is 0 Å². The summed E-state index contributed by atoms with van der Waals surface area (Å²) in [6.07, 6.45) is 3.39. The van der Waals surface area contributed by atoms with Gasteiger partial charge in [-0.1, -0.05) is 20.3 Å². The fourth-order valence-corrected chi connectivity index (χ4v) is 2.54. The zero-order valence-electron chi connectivity index (χ0n) is 12.6. The number of rotatable bonds is 5. The number of piperidine rings is 1. The quantitative estimate of drug-likeness (QED) is 0.835. The molecule has 1 amide bonds. The first kappa shape index (κ1) is 16.0. The average Bonchev–Trinajstić information content (AvgIpc) is 2.38. The van der Waals surface area contributed by atoms with E-state index in [0.29, 0.717) is 18.9 Å². The molecular weight excluding hydrogens is 242 g/mol. The van der Waals surface area contributed by atoms with Crippen molar-refractivity contribution in [3.63, 3.8) is 0 Å². The molecule has 110 valence electrons. The van der Waals surface area contributed by atoms with Crippen molar-refractivity contribution in [2.75, 3.05) is 13.1 Å². The molecule has 1 fully saturated rings. The van der Waals surface area contributed by atoms with E-state index in [2.05, 4.69) is 13.8 Å². The topological polar surface area (TPSA) is 57.6 Å². The van der Waals surface area contributed by atoms with Gasteiger partial charge in [-0.05, 0) is 38.5 Å². The van der Waals surface area contributed by atoms with Crippen LogP contribution in [0.4, 0.5) is 0 Å². The summed E-state index contributed by atoms with van der Waals surface area (Å²) in [7, 11) is 0. The van der Waals surface area contributed by atoms with Crippen molar-refractivity contribution < 1.29 is 14.7 Å². The normalized spacial score (nSPS) is 22.1. The minimum Gasteiger partial charge on any atom is -0.481 e. The summed E-state index contributed by atoms with van der Waals surface area (Å²) in [6, 6.07) is 0. The molecule has 1 saturated heterocycles. The van der Waals surface area contributed by atoms with E-state index in [4.69, 9.17) is 0 Å². The van der Waals surface area contributed by atoms with Gasteiger partial charge < -0.3 is 10.0 Å². The van der Waals surface area contributed by atoms with E-state index < -0.39 is 11.4 Å². The van der Waals surface area contributed by atoms with Crippen LogP contribution in [-0.2, 0) is 9.59 Å². The minimum absolute atomic E-state index is 0.0552. The Hall–Kier alpha value is -1.06. The van der Waals surface area contributed by atoms with Gasteiger partial charge in [0.1, 0.15) is 0 Å². The van der Waals surface area contributed by atoms with Gasteiger partial charge in [0.2, 0.25) is 5.91 Å². The van der Waals surface area contributed by atoms with Crippen LogP contribution in [0.15, 0.2) is 0 Å². The second-order valence-corrected chi connectivity index (χ2v) is 6.42. The molecule has 0 saturated carbocycles. The summed E-state index contributed by atoms with van der Waals surface area (Å²) in [5, 5.41) is 9.30. The number of nitrogens with zero attached hydrogens (tertiary/aromatic N) is 1. The highest BCUT2D eigenvalue weighted by molar-refractivity contribution is 5.77. The first-order valence-electron chi connectivity index (χ1n) is 7.30. The highest BCUT2D eigenvalue weighted by Gasteiger charge is 2.39. The van der Waals surface area contributed by atoms with Crippen LogP contribution in [0.5, 0.6) is 0 Å². The highest BCUT2D eigenvalue weighted by Crippen LogP contribution is 2.34.